The Morgan fingerprint density at radius 2 is 1.52 bits per heavy atom. The molecule has 0 atom stereocenters. The largest absolute Gasteiger partial charge is 0.493 e. The van der Waals surface area contributed by atoms with Crippen LogP contribution in [0.5, 0.6) is 17.2 Å². The molecule has 0 bridgehead atoms. The molecule has 0 aliphatic heterocycles. The third-order valence-corrected chi connectivity index (χ3v) is 4.11. The van der Waals surface area contributed by atoms with Crippen molar-refractivity contribution in [3.63, 3.8) is 0 Å². The summed E-state index contributed by atoms with van der Waals surface area (Å²) in [4.78, 5) is 0. The minimum absolute atomic E-state index is 0.504. The van der Waals surface area contributed by atoms with E-state index in [-0.39, 0.29) is 0 Å². The summed E-state index contributed by atoms with van der Waals surface area (Å²) in [6, 6.07) is 17.9. The van der Waals surface area contributed by atoms with Crippen LogP contribution in [0.2, 0.25) is 0 Å². The summed E-state index contributed by atoms with van der Waals surface area (Å²) in [7, 11) is 4.73. The molecule has 0 saturated heterocycles. The zero-order valence-corrected chi connectivity index (χ0v) is 14.4. The Bertz CT molecular complexity index is 935. The van der Waals surface area contributed by atoms with Gasteiger partial charge in [-0.2, -0.15) is 5.10 Å². The maximum atomic E-state index is 5.73. The average molecular weight is 336 g/mol. The standard InChI is InChI=1S/C20H20N2O3/c1-23-17-11-10-16(19(24-2)20(17)25-3)18(22-21)15-9-8-13-6-4-5-7-14(13)12-15/h4-12H,21H2,1-3H3/b22-18-. The fraction of sp³-hybridized carbons (Fsp3) is 0.150. The van der Waals surface area contributed by atoms with Gasteiger partial charge in [0.25, 0.3) is 0 Å². The molecule has 0 unspecified atom stereocenters. The molecule has 0 aromatic heterocycles. The Morgan fingerprint density at radius 1 is 0.800 bits per heavy atom. The number of hydrogen-bond acceptors (Lipinski definition) is 5. The van der Waals surface area contributed by atoms with Crippen LogP contribution in [0.3, 0.4) is 0 Å². The van der Waals surface area contributed by atoms with E-state index >= 15 is 0 Å². The number of nitrogens with zero attached hydrogens (tertiary/aromatic N) is 1. The van der Waals surface area contributed by atoms with E-state index in [1.807, 2.05) is 36.4 Å². The highest BCUT2D eigenvalue weighted by Crippen LogP contribution is 2.40. The van der Waals surface area contributed by atoms with Gasteiger partial charge in [0.15, 0.2) is 11.5 Å². The third-order valence-electron chi connectivity index (χ3n) is 4.11. The fourth-order valence-corrected chi connectivity index (χ4v) is 2.92. The highest BCUT2D eigenvalue weighted by Gasteiger charge is 2.20. The van der Waals surface area contributed by atoms with Gasteiger partial charge in [-0.15, -0.1) is 0 Å². The number of hydrazone groups is 1. The van der Waals surface area contributed by atoms with E-state index in [2.05, 4.69) is 23.3 Å². The lowest BCUT2D eigenvalue weighted by atomic mass is 9.98. The summed E-state index contributed by atoms with van der Waals surface area (Å²) in [5.41, 5.74) is 2.24. The van der Waals surface area contributed by atoms with Crippen LogP contribution in [-0.4, -0.2) is 27.0 Å². The van der Waals surface area contributed by atoms with Crippen molar-refractivity contribution in [2.75, 3.05) is 21.3 Å². The van der Waals surface area contributed by atoms with E-state index in [1.54, 1.807) is 21.3 Å². The van der Waals surface area contributed by atoms with Gasteiger partial charge in [0.05, 0.1) is 21.3 Å². The molecule has 0 aliphatic carbocycles. The molecule has 5 nitrogen and oxygen atoms in total. The van der Waals surface area contributed by atoms with Gasteiger partial charge in [-0.25, -0.2) is 0 Å². The van der Waals surface area contributed by atoms with E-state index in [9.17, 15) is 0 Å². The second-order valence-corrected chi connectivity index (χ2v) is 5.42. The van der Waals surface area contributed by atoms with Crippen molar-refractivity contribution in [1.82, 2.24) is 0 Å². The molecule has 0 spiro atoms. The van der Waals surface area contributed by atoms with Gasteiger partial charge < -0.3 is 20.1 Å². The predicted octanol–water partition coefficient (Wildman–Crippen LogP) is 3.58. The smallest absolute Gasteiger partial charge is 0.203 e. The lowest BCUT2D eigenvalue weighted by Crippen LogP contribution is -2.09. The monoisotopic (exact) mass is 336 g/mol. The molecule has 0 amide bonds. The molecular weight excluding hydrogens is 316 g/mol. The van der Waals surface area contributed by atoms with Crippen LogP contribution in [0.1, 0.15) is 11.1 Å². The van der Waals surface area contributed by atoms with Crippen LogP contribution >= 0.6 is 0 Å². The predicted molar refractivity (Wildman–Crippen MR) is 99.9 cm³/mol. The van der Waals surface area contributed by atoms with Gasteiger partial charge in [0.1, 0.15) is 5.71 Å². The number of benzene rings is 3. The molecule has 2 N–H and O–H groups in total. The second-order valence-electron chi connectivity index (χ2n) is 5.42. The van der Waals surface area contributed by atoms with Crippen LogP contribution in [0.15, 0.2) is 59.7 Å². The topological polar surface area (TPSA) is 66.1 Å². The quantitative estimate of drug-likeness (QED) is 0.439. The van der Waals surface area contributed by atoms with Crippen LogP contribution in [0, 0.1) is 0 Å². The van der Waals surface area contributed by atoms with E-state index < -0.39 is 0 Å². The molecule has 3 aromatic carbocycles. The van der Waals surface area contributed by atoms with Crippen molar-refractivity contribution in [2.24, 2.45) is 10.9 Å². The van der Waals surface area contributed by atoms with Crippen LogP contribution in [-0.2, 0) is 0 Å². The maximum Gasteiger partial charge on any atom is 0.203 e. The molecule has 3 aromatic rings. The van der Waals surface area contributed by atoms with Crippen molar-refractivity contribution >= 4 is 16.5 Å². The van der Waals surface area contributed by atoms with E-state index in [4.69, 9.17) is 20.1 Å². The van der Waals surface area contributed by atoms with E-state index in [0.717, 1.165) is 21.9 Å². The van der Waals surface area contributed by atoms with Gasteiger partial charge in [-0.1, -0.05) is 36.4 Å². The number of hydrogen-bond donors (Lipinski definition) is 1. The molecule has 0 saturated carbocycles. The zero-order chi connectivity index (χ0) is 17.8. The summed E-state index contributed by atoms with van der Waals surface area (Å²) in [6.45, 7) is 0. The zero-order valence-electron chi connectivity index (χ0n) is 14.4. The van der Waals surface area contributed by atoms with Crippen LogP contribution in [0.4, 0.5) is 0 Å². The highest BCUT2D eigenvalue weighted by atomic mass is 16.5. The van der Waals surface area contributed by atoms with Crippen molar-refractivity contribution in [1.29, 1.82) is 0 Å². The van der Waals surface area contributed by atoms with Crippen molar-refractivity contribution in [3.05, 3.63) is 65.7 Å². The first-order chi connectivity index (χ1) is 12.2. The second kappa shape index (κ2) is 7.13. The molecule has 5 heteroatoms. The molecule has 0 heterocycles. The Kier molecular flexibility index (Phi) is 4.75. The maximum absolute atomic E-state index is 5.73. The van der Waals surface area contributed by atoms with Gasteiger partial charge >= 0.3 is 0 Å². The Morgan fingerprint density at radius 3 is 2.16 bits per heavy atom. The summed E-state index contributed by atoms with van der Waals surface area (Å²) >= 11 is 0. The summed E-state index contributed by atoms with van der Waals surface area (Å²) in [5, 5.41) is 6.28. The summed E-state index contributed by atoms with van der Waals surface area (Å²) in [6.07, 6.45) is 0. The first kappa shape index (κ1) is 16.6. The van der Waals surface area contributed by atoms with Gasteiger partial charge in [0, 0.05) is 11.1 Å². The Balaban J connectivity index is 2.18. The van der Waals surface area contributed by atoms with Crippen LogP contribution in [0.25, 0.3) is 10.8 Å². The molecule has 128 valence electrons. The molecule has 0 radical (unpaired) electrons. The third kappa shape index (κ3) is 2.96. The SMILES string of the molecule is COc1ccc(/C(=N\N)c2ccc3ccccc3c2)c(OC)c1OC. The Labute approximate surface area is 146 Å². The highest BCUT2D eigenvalue weighted by molar-refractivity contribution is 6.16. The first-order valence-electron chi connectivity index (χ1n) is 7.79. The molecule has 0 fully saturated rings. The molecular formula is C20H20N2O3. The van der Waals surface area contributed by atoms with Crippen molar-refractivity contribution in [2.45, 2.75) is 0 Å². The van der Waals surface area contributed by atoms with Crippen LogP contribution < -0.4 is 20.1 Å². The molecule has 3 rings (SSSR count). The van der Waals surface area contributed by atoms with Gasteiger partial charge in [-0.05, 0) is 29.0 Å². The normalized spacial score (nSPS) is 11.4. The first-order valence-corrected chi connectivity index (χ1v) is 7.79. The lowest BCUT2D eigenvalue weighted by Gasteiger charge is -2.17. The molecule has 25 heavy (non-hydrogen) atoms. The number of ether oxygens (including phenoxy) is 3. The van der Waals surface area contributed by atoms with Crippen molar-refractivity contribution in [3.8, 4) is 17.2 Å². The summed E-state index contributed by atoms with van der Waals surface area (Å²) in [5.74, 6) is 7.34. The number of rotatable bonds is 5. The number of fused-ring (bicyclic) bond motifs is 1. The van der Waals surface area contributed by atoms with Gasteiger partial charge in [0.2, 0.25) is 5.75 Å². The van der Waals surface area contributed by atoms with Gasteiger partial charge in [-0.3, -0.25) is 0 Å². The minimum Gasteiger partial charge on any atom is -0.493 e. The van der Waals surface area contributed by atoms with Crippen molar-refractivity contribution < 1.29 is 14.2 Å². The van der Waals surface area contributed by atoms with E-state index in [0.29, 0.717) is 23.0 Å². The average Bonchev–Trinajstić information content (AvgIpc) is 2.67. The summed E-state index contributed by atoms with van der Waals surface area (Å²) < 4.78 is 16.3. The lowest BCUT2D eigenvalue weighted by molar-refractivity contribution is 0.324. The number of methoxy groups -OCH3 is 3. The van der Waals surface area contributed by atoms with E-state index in [1.165, 1.54) is 0 Å². The Hall–Kier alpha value is -3.21. The minimum atomic E-state index is 0.504. The molecule has 0 aliphatic rings. The fourth-order valence-electron chi connectivity index (χ4n) is 2.92. The number of nitrogens with two attached hydrogens (primary N) is 1.